The van der Waals surface area contributed by atoms with Crippen LogP contribution in [0, 0.1) is 11.3 Å². The zero-order valence-electron chi connectivity index (χ0n) is 12.1. The third kappa shape index (κ3) is 7.05. The molecule has 0 spiro atoms. The highest BCUT2D eigenvalue weighted by Gasteiger charge is 2.17. The van der Waals surface area contributed by atoms with Gasteiger partial charge in [0, 0.05) is 6.04 Å². The number of rotatable bonds is 6. The van der Waals surface area contributed by atoms with Crippen molar-refractivity contribution in [2.45, 2.75) is 84.6 Å². The van der Waals surface area contributed by atoms with Gasteiger partial charge in [0.2, 0.25) is 0 Å². The lowest BCUT2D eigenvalue weighted by molar-refractivity contribution is 0.286. The highest BCUT2D eigenvalue weighted by Crippen LogP contribution is 2.29. The van der Waals surface area contributed by atoms with Crippen molar-refractivity contribution in [3.63, 3.8) is 0 Å². The van der Waals surface area contributed by atoms with Crippen LogP contribution in [0.15, 0.2) is 0 Å². The second-order valence-corrected chi connectivity index (χ2v) is 7.04. The van der Waals surface area contributed by atoms with Crippen LogP contribution in [0.1, 0.15) is 78.6 Å². The summed E-state index contributed by atoms with van der Waals surface area (Å²) in [6, 6.07) is 0.524. The van der Waals surface area contributed by atoms with E-state index in [0.29, 0.717) is 11.5 Å². The van der Waals surface area contributed by atoms with Crippen molar-refractivity contribution in [3.05, 3.63) is 0 Å². The zero-order valence-corrected chi connectivity index (χ0v) is 12.1. The number of hydrogen-bond donors (Lipinski definition) is 2. The highest BCUT2D eigenvalue weighted by molar-refractivity contribution is 4.73. The Labute approximate surface area is 108 Å². The summed E-state index contributed by atoms with van der Waals surface area (Å²) < 4.78 is 0. The number of nitrogens with one attached hydrogen (secondary N) is 1. The fourth-order valence-corrected chi connectivity index (χ4v) is 2.83. The van der Waals surface area contributed by atoms with Crippen LogP contribution in [0.4, 0.5) is 0 Å². The quantitative estimate of drug-likeness (QED) is 0.544. The molecular weight excluding hydrogens is 208 g/mol. The van der Waals surface area contributed by atoms with Gasteiger partial charge in [0.15, 0.2) is 0 Å². The monoisotopic (exact) mass is 240 g/mol. The maximum Gasteiger partial charge on any atom is 0.0210 e. The van der Waals surface area contributed by atoms with Gasteiger partial charge in [-0.1, -0.05) is 52.9 Å². The van der Waals surface area contributed by atoms with Gasteiger partial charge in [-0.2, -0.15) is 0 Å². The molecule has 1 rings (SSSR count). The Kier molecular flexibility index (Phi) is 6.50. The highest BCUT2D eigenvalue weighted by atomic mass is 15.2. The molecule has 0 aromatic heterocycles. The summed E-state index contributed by atoms with van der Waals surface area (Å²) in [6.45, 7) is 6.92. The SMILES string of the molecule is CC(C)(C)CCC(CCC1CCCCC1)NN. The normalized spacial score (nSPS) is 20.5. The van der Waals surface area contributed by atoms with Crippen molar-refractivity contribution >= 4 is 0 Å². The minimum Gasteiger partial charge on any atom is -0.271 e. The van der Waals surface area contributed by atoms with E-state index in [2.05, 4.69) is 26.2 Å². The summed E-state index contributed by atoms with van der Waals surface area (Å²) in [6.07, 6.45) is 12.4. The second kappa shape index (κ2) is 7.38. The Morgan fingerprint density at radius 1 is 1.12 bits per heavy atom. The molecule has 0 aliphatic heterocycles. The fraction of sp³-hybridized carbons (Fsp3) is 1.00. The first-order valence-corrected chi connectivity index (χ1v) is 7.47. The van der Waals surface area contributed by atoms with Crippen molar-refractivity contribution in [1.29, 1.82) is 0 Å². The van der Waals surface area contributed by atoms with Gasteiger partial charge in [0.05, 0.1) is 0 Å². The Morgan fingerprint density at radius 3 is 2.29 bits per heavy atom. The van der Waals surface area contributed by atoms with Crippen LogP contribution in [0.2, 0.25) is 0 Å². The maximum atomic E-state index is 5.67. The molecule has 0 aromatic rings. The lowest BCUT2D eigenvalue weighted by Crippen LogP contribution is -2.36. The van der Waals surface area contributed by atoms with E-state index in [9.17, 15) is 0 Å². The third-order valence-electron chi connectivity index (χ3n) is 4.13. The molecule has 17 heavy (non-hydrogen) atoms. The van der Waals surface area contributed by atoms with E-state index in [0.717, 1.165) is 5.92 Å². The molecule has 2 heteroatoms. The van der Waals surface area contributed by atoms with Crippen molar-refractivity contribution < 1.29 is 0 Å². The lowest BCUT2D eigenvalue weighted by Gasteiger charge is -2.26. The molecule has 1 saturated carbocycles. The number of hydrazine groups is 1. The predicted molar refractivity (Wildman–Crippen MR) is 75.6 cm³/mol. The Bertz CT molecular complexity index is 190. The standard InChI is InChI=1S/C15H32N2/c1-15(2,3)12-11-14(17-16)10-9-13-7-5-4-6-8-13/h13-14,17H,4-12,16H2,1-3H3. The summed E-state index contributed by atoms with van der Waals surface area (Å²) in [5.41, 5.74) is 3.44. The average molecular weight is 240 g/mol. The van der Waals surface area contributed by atoms with E-state index in [4.69, 9.17) is 5.84 Å². The van der Waals surface area contributed by atoms with Crippen molar-refractivity contribution in [2.75, 3.05) is 0 Å². The Balaban J connectivity index is 2.17. The predicted octanol–water partition coefficient (Wildman–Crippen LogP) is 4.01. The van der Waals surface area contributed by atoms with Crippen molar-refractivity contribution in [1.82, 2.24) is 5.43 Å². The smallest absolute Gasteiger partial charge is 0.0210 e. The van der Waals surface area contributed by atoms with Crippen LogP contribution >= 0.6 is 0 Å². The van der Waals surface area contributed by atoms with E-state index in [1.54, 1.807) is 0 Å². The van der Waals surface area contributed by atoms with Gasteiger partial charge < -0.3 is 0 Å². The summed E-state index contributed by atoms with van der Waals surface area (Å²) >= 11 is 0. The van der Waals surface area contributed by atoms with Gasteiger partial charge in [0.1, 0.15) is 0 Å². The minimum absolute atomic E-state index is 0.430. The topological polar surface area (TPSA) is 38.0 Å². The summed E-state index contributed by atoms with van der Waals surface area (Å²) in [4.78, 5) is 0. The van der Waals surface area contributed by atoms with E-state index in [1.807, 2.05) is 0 Å². The van der Waals surface area contributed by atoms with Gasteiger partial charge >= 0.3 is 0 Å². The largest absolute Gasteiger partial charge is 0.271 e. The molecule has 0 bridgehead atoms. The molecule has 1 atom stereocenters. The van der Waals surface area contributed by atoms with Crippen LogP contribution < -0.4 is 11.3 Å². The van der Waals surface area contributed by atoms with Gasteiger partial charge in [-0.15, -0.1) is 0 Å². The van der Waals surface area contributed by atoms with Crippen molar-refractivity contribution in [3.8, 4) is 0 Å². The zero-order chi connectivity index (χ0) is 12.7. The Morgan fingerprint density at radius 2 is 1.76 bits per heavy atom. The first kappa shape index (κ1) is 15.0. The molecule has 1 aliphatic carbocycles. The molecule has 0 amide bonds. The molecule has 0 aromatic carbocycles. The lowest BCUT2D eigenvalue weighted by atomic mass is 9.83. The first-order chi connectivity index (χ1) is 8.01. The number of hydrogen-bond acceptors (Lipinski definition) is 2. The van der Waals surface area contributed by atoms with Crippen LogP contribution in [-0.4, -0.2) is 6.04 Å². The Hall–Kier alpha value is -0.0800. The van der Waals surface area contributed by atoms with Gasteiger partial charge in [0.25, 0.3) is 0 Å². The first-order valence-electron chi connectivity index (χ1n) is 7.47. The van der Waals surface area contributed by atoms with E-state index < -0.39 is 0 Å². The van der Waals surface area contributed by atoms with Crippen molar-refractivity contribution in [2.24, 2.45) is 17.2 Å². The molecule has 0 saturated heterocycles. The van der Waals surface area contributed by atoms with E-state index in [-0.39, 0.29) is 0 Å². The van der Waals surface area contributed by atoms with Crippen LogP contribution in [0.5, 0.6) is 0 Å². The van der Waals surface area contributed by atoms with Crippen LogP contribution in [-0.2, 0) is 0 Å². The summed E-state index contributed by atoms with van der Waals surface area (Å²) in [5, 5.41) is 0. The van der Waals surface area contributed by atoms with Gasteiger partial charge in [-0.05, 0) is 37.0 Å². The molecular formula is C15H32N2. The molecule has 102 valence electrons. The number of nitrogens with two attached hydrogens (primary N) is 1. The summed E-state index contributed by atoms with van der Waals surface area (Å²) in [5.74, 6) is 6.65. The maximum absolute atomic E-state index is 5.67. The van der Waals surface area contributed by atoms with Crippen LogP contribution in [0.25, 0.3) is 0 Å². The molecule has 0 radical (unpaired) electrons. The van der Waals surface area contributed by atoms with Gasteiger partial charge in [-0.25, -0.2) is 0 Å². The fourth-order valence-electron chi connectivity index (χ4n) is 2.83. The van der Waals surface area contributed by atoms with Crippen LogP contribution in [0.3, 0.4) is 0 Å². The summed E-state index contributed by atoms with van der Waals surface area (Å²) in [7, 11) is 0. The molecule has 1 fully saturated rings. The van der Waals surface area contributed by atoms with Gasteiger partial charge in [-0.3, -0.25) is 11.3 Å². The average Bonchev–Trinajstić information content (AvgIpc) is 2.29. The third-order valence-corrected chi connectivity index (χ3v) is 4.13. The molecule has 0 heterocycles. The molecule has 1 unspecified atom stereocenters. The second-order valence-electron chi connectivity index (χ2n) is 7.04. The minimum atomic E-state index is 0.430. The molecule has 3 N–H and O–H groups in total. The van der Waals surface area contributed by atoms with E-state index >= 15 is 0 Å². The molecule has 1 aliphatic rings. The molecule has 2 nitrogen and oxygen atoms in total. The van der Waals surface area contributed by atoms with E-state index in [1.165, 1.54) is 57.8 Å².